The van der Waals surface area contributed by atoms with Crippen LogP contribution in [0.15, 0.2) is 65.7 Å². The summed E-state index contributed by atoms with van der Waals surface area (Å²) in [5.74, 6) is -1.57. The van der Waals surface area contributed by atoms with Gasteiger partial charge in [-0.2, -0.15) is 0 Å². The van der Waals surface area contributed by atoms with Crippen LogP contribution < -0.4 is 10.0 Å². The average Bonchev–Trinajstić information content (AvgIpc) is 2.68. The summed E-state index contributed by atoms with van der Waals surface area (Å²) < 4.78 is 41.5. The Morgan fingerprint density at radius 2 is 1.86 bits per heavy atom. The first-order chi connectivity index (χ1) is 13.8. The van der Waals surface area contributed by atoms with E-state index >= 15 is 0 Å². The Bertz CT molecular complexity index is 1160. The molecule has 0 saturated carbocycles. The minimum absolute atomic E-state index is 0.0433. The minimum Gasteiger partial charge on any atom is -0.319 e. The van der Waals surface area contributed by atoms with Gasteiger partial charge in [0.25, 0.3) is 5.91 Å². The number of rotatable bonds is 6. The third-order valence-corrected chi connectivity index (χ3v) is 5.79. The zero-order valence-electron chi connectivity index (χ0n) is 14.7. The molecule has 1 aromatic heterocycles. The van der Waals surface area contributed by atoms with Gasteiger partial charge in [-0.1, -0.05) is 29.3 Å². The lowest BCUT2D eigenvalue weighted by molar-refractivity contribution is 0.102. The van der Waals surface area contributed by atoms with E-state index in [1.54, 1.807) is 18.2 Å². The number of halogens is 3. The number of pyridine rings is 1. The maximum absolute atomic E-state index is 14.4. The van der Waals surface area contributed by atoms with Gasteiger partial charge in [-0.25, -0.2) is 17.5 Å². The number of benzene rings is 2. The lowest BCUT2D eigenvalue weighted by Gasteiger charge is -2.10. The Labute approximate surface area is 176 Å². The van der Waals surface area contributed by atoms with Crippen LogP contribution in [0.2, 0.25) is 10.0 Å². The van der Waals surface area contributed by atoms with E-state index in [4.69, 9.17) is 23.2 Å². The molecule has 2 aromatic carbocycles. The van der Waals surface area contributed by atoms with Gasteiger partial charge < -0.3 is 5.32 Å². The van der Waals surface area contributed by atoms with Gasteiger partial charge in [0, 0.05) is 11.2 Å². The fraction of sp³-hybridized carbons (Fsp3) is 0.0526. The highest BCUT2D eigenvalue weighted by molar-refractivity contribution is 7.89. The quantitative estimate of drug-likeness (QED) is 0.583. The van der Waals surface area contributed by atoms with E-state index in [-0.39, 0.29) is 27.7 Å². The van der Waals surface area contributed by atoms with Crippen molar-refractivity contribution in [2.45, 2.75) is 11.4 Å². The number of carbonyl (C=O) groups excluding carboxylic acids is 1. The number of hydrogen-bond donors (Lipinski definition) is 2. The summed E-state index contributed by atoms with van der Waals surface area (Å²) in [6.07, 6.45) is 1.54. The van der Waals surface area contributed by atoms with Gasteiger partial charge in [0.1, 0.15) is 5.82 Å². The smallest absolute Gasteiger partial charge is 0.257 e. The van der Waals surface area contributed by atoms with Crippen LogP contribution in [0.1, 0.15) is 16.1 Å². The second kappa shape index (κ2) is 8.87. The van der Waals surface area contributed by atoms with E-state index in [0.717, 1.165) is 12.1 Å². The molecular weight excluding hydrogens is 440 g/mol. The maximum Gasteiger partial charge on any atom is 0.257 e. The zero-order chi connectivity index (χ0) is 21.0. The van der Waals surface area contributed by atoms with E-state index in [1.165, 1.54) is 30.5 Å². The number of hydrogen-bond acceptors (Lipinski definition) is 4. The Balaban J connectivity index is 1.74. The highest BCUT2D eigenvalue weighted by Gasteiger charge is 2.18. The number of nitrogens with one attached hydrogen (secondary N) is 2. The summed E-state index contributed by atoms with van der Waals surface area (Å²) in [6.45, 7) is -0.0433. The molecule has 29 heavy (non-hydrogen) atoms. The van der Waals surface area contributed by atoms with Crippen LogP contribution in [-0.4, -0.2) is 19.3 Å². The van der Waals surface area contributed by atoms with E-state index < -0.39 is 21.7 Å². The predicted molar refractivity (Wildman–Crippen MR) is 109 cm³/mol. The zero-order valence-corrected chi connectivity index (χ0v) is 17.0. The van der Waals surface area contributed by atoms with Crippen LogP contribution in [0.25, 0.3) is 0 Å². The second-order valence-electron chi connectivity index (χ2n) is 5.87. The van der Waals surface area contributed by atoms with Crippen LogP contribution in [0.4, 0.5) is 10.1 Å². The van der Waals surface area contributed by atoms with E-state index in [0.29, 0.717) is 10.7 Å². The number of anilines is 1. The molecule has 0 radical (unpaired) electrons. The predicted octanol–water partition coefficient (Wildman–Crippen LogP) is 4.26. The standard InChI is InChI=1S/C19H14Cl2FN3O3S/c20-12-4-6-15(16(21)9-12)19(26)25-18-7-5-14(10-17(18)22)29(27,28)24-11-13-3-1-2-8-23-13/h1-10,24H,11H2,(H,25,26). The van der Waals surface area contributed by atoms with E-state index in [2.05, 4.69) is 15.0 Å². The molecule has 1 heterocycles. The lowest BCUT2D eigenvalue weighted by atomic mass is 10.2. The third-order valence-electron chi connectivity index (χ3n) is 3.84. The van der Waals surface area contributed by atoms with Crippen LogP contribution >= 0.6 is 23.2 Å². The Kier molecular flexibility index (Phi) is 6.49. The van der Waals surface area contributed by atoms with Crippen molar-refractivity contribution < 1.29 is 17.6 Å². The number of carbonyl (C=O) groups is 1. The average molecular weight is 454 g/mol. The van der Waals surface area contributed by atoms with Gasteiger partial charge in [-0.15, -0.1) is 0 Å². The fourth-order valence-electron chi connectivity index (χ4n) is 2.38. The van der Waals surface area contributed by atoms with Gasteiger partial charge in [0.2, 0.25) is 10.0 Å². The molecule has 0 unspecified atom stereocenters. The number of nitrogens with zero attached hydrogens (tertiary/aromatic N) is 1. The highest BCUT2D eigenvalue weighted by Crippen LogP contribution is 2.24. The minimum atomic E-state index is -3.97. The molecule has 2 N–H and O–H groups in total. The van der Waals surface area contributed by atoms with Crippen LogP contribution in [-0.2, 0) is 16.6 Å². The van der Waals surface area contributed by atoms with Crippen molar-refractivity contribution in [2.24, 2.45) is 0 Å². The summed E-state index contributed by atoms with van der Waals surface area (Å²) in [5, 5.41) is 2.81. The van der Waals surface area contributed by atoms with Crippen LogP contribution in [0, 0.1) is 5.82 Å². The summed E-state index contributed by atoms with van der Waals surface area (Å²) in [4.78, 5) is 16.0. The van der Waals surface area contributed by atoms with Gasteiger partial charge in [0.05, 0.1) is 33.4 Å². The topological polar surface area (TPSA) is 88.2 Å². The first-order valence-electron chi connectivity index (χ1n) is 8.22. The molecule has 0 aliphatic heterocycles. The van der Waals surface area contributed by atoms with Gasteiger partial charge in [-0.3, -0.25) is 9.78 Å². The Morgan fingerprint density at radius 1 is 1.07 bits per heavy atom. The third kappa shape index (κ3) is 5.30. The van der Waals surface area contributed by atoms with Crippen molar-refractivity contribution in [2.75, 3.05) is 5.32 Å². The fourth-order valence-corrected chi connectivity index (χ4v) is 3.89. The molecule has 0 bridgehead atoms. The maximum atomic E-state index is 14.4. The number of amides is 1. The Hall–Kier alpha value is -2.52. The molecule has 150 valence electrons. The summed E-state index contributed by atoms with van der Waals surface area (Å²) >= 11 is 11.8. The molecule has 0 atom stereocenters. The van der Waals surface area contributed by atoms with Crippen molar-refractivity contribution in [1.82, 2.24) is 9.71 Å². The molecule has 0 aliphatic rings. The summed E-state index contributed by atoms with van der Waals surface area (Å²) in [6, 6.07) is 12.5. The van der Waals surface area contributed by atoms with Gasteiger partial charge in [-0.05, 0) is 48.5 Å². The summed E-state index contributed by atoms with van der Waals surface area (Å²) in [5.41, 5.74) is 0.425. The van der Waals surface area contributed by atoms with Crippen molar-refractivity contribution in [3.05, 3.63) is 87.9 Å². The molecule has 0 spiro atoms. The highest BCUT2D eigenvalue weighted by atomic mass is 35.5. The molecule has 0 saturated heterocycles. The largest absolute Gasteiger partial charge is 0.319 e. The molecule has 0 aliphatic carbocycles. The van der Waals surface area contributed by atoms with Crippen LogP contribution in [0.5, 0.6) is 0 Å². The monoisotopic (exact) mass is 453 g/mol. The van der Waals surface area contributed by atoms with Crippen molar-refractivity contribution in [1.29, 1.82) is 0 Å². The van der Waals surface area contributed by atoms with E-state index in [1.807, 2.05) is 0 Å². The normalized spacial score (nSPS) is 11.3. The first-order valence-corrected chi connectivity index (χ1v) is 10.5. The van der Waals surface area contributed by atoms with Crippen molar-refractivity contribution in [3.63, 3.8) is 0 Å². The van der Waals surface area contributed by atoms with Gasteiger partial charge >= 0.3 is 0 Å². The van der Waals surface area contributed by atoms with Crippen molar-refractivity contribution in [3.8, 4) is 0 Å². The SMILES string of the molecule is O=C(Nc1ccc(S(=O)(=O)NCc2ccccn2)cc1F)c1ccc(Cl)cc1Cl. The lowest BCUT2D eigenvalue weighted by Crippen LogP contribution is -2.24. The number of sulfonamides is 1. The number of aromatic nitrogens is 1. The second-order valence-corrected chi connectivity index (χ2v) is 8.48. The molecule has 0 fully saturated rings. The molecule has 6 nitrogen and oxygen atoms in total. The molecule has 3 aromatic rings. The van der Waals surface area contributed by atoms with Crippen molar-refractivity contribution >= 4 is 44.8 Å². The van der Waals surface area contributed by atoms with Crippen LogP contribution in [0.3, 0.4) is 0 Å². The van der Waals surface area contributed by atoms with E-state index in [9.17, 15) is 17.6 Å². The molecule has 1 amide bonds. The van der Waals surface area contributed by atoms with Gasteiger partial charge in [0.15, 0.2) is 0 Å². The first kappa shape index (κ1) is 21.2. The summed E-state index contributed by atoms with van der Waals surface area (Å²) in [7, 11) is -3.97. The molecule has 10 heteroatoms. The molecular formula is C19H14Cl2FN3O3S. The molecule has 3 rings (SSSR count). The Morgan fingerprint density at radius 3 is 2.52 bits per heavy atom.